The first-order valence-corrected chi connectivity index (χ1v) is 11.1. The van der Waals surface area contributed by atoms with Crippen LogP contribution in [0.15, 0.2) is 77.3 Å². The Morgan fingerprint density at radius 1 is 1.12 bits per heavy atom. The standard InChI is InChI=1S/C22H17ClN4O4S/c1-3-14-4-6-19(17(23)10-14)32(29,30)26-18-11-16(12-25-22(18)31-2)15-5-7-20-24-9-8-21(28)27(20)13-15/h3-13,26H,1H2,2H3. The molecule has 0 aliphatic carbocycles. The lowest BCUT2D eigenvalue weighted by molar-refractivity contribution is 0.400. The second-order valence-electron chi connectivity index (χ2n) is 6.71. The van der Waals surface area contributed by atoms with Gasteiger partial charge in [0, 0.05) is 35.8 Å². The first kappa shape index (κ1) is 21.5. The molecule has 0 saturated heterocycles. The van der Waals surface area contributed by atoms with E-state index in [9.17, 15) is 13.2 Å². The lowest BCUT2D eigenvalue weighted by atomic mass is 10.1. The summed E-state index contributed by atoms with van der Waals surface area (Å²) in [5.74, 6) is 0.0794. The molecule has 8 nitrogen and oxygen atoms in total. The molecule has 1 aromatic carbocycles. The van der Waals surface area contributed by atoms with Crippen molar-refractivity contribution in [2.24, 2.45) is 0 Å². The van der Waals surface area contributed by atoms with Gasteiger partial charge in [0.05, 0.1) is 12.1 Å². The van der Waals surface area contributed by atoms with Gasteiger partial charge in [0.15, 0.2) is 0 Å². The van der Waals surface area contributed by atoms with Crippen LogP contribution in [0.5, 0.6) is 5.88 Å². The maximum Gasteiger partial charge on any atom is 0.263 e. The number of hydrogen-bond donors (Lipinski definition) is 1. The number of pyridine rings is 2. The van der Waals surface area contributed by atoms with Gasteiger partial charge in [0.2, 0.25) is 5.88 Å². The predicted molar refractivity (Wildman–Crippen MR) is 124 cm³/mol. The molecule has 32 heavy (non-hydrogen) atoms. The SMILES string of the molecule is C=Cc1ccc(S(=O)(=O)Nc2cc(-c3ccc4nccc(=O)n4c3)cnc2OC)c(Cl)c1. The summed E-state index contributed by atoms with van der Waals surface area (Å²) in [6.45, 7) is 3.64. The van der Waals surface area contributed by atoms with Gasteiger partial charge in [-0.1, -0.05) is 30.3 Å². The van der Waals surface area contributed by atoms with Crippen molar-refractivity contribution in [1.82, 2.24) is 14.4 Å². The average molecular weight is 469 g/mol. The van der Waals surface area contributed by atoms with Crippen LogP contribution in [0.25, 0.3) is 22.9 Å². The van der Waals surface area contributed by atoms with Gasteiger partial charge in [-0.05, 0) is 35.9 Å². The highest BCUT2D eigenvalue weighted by Crippen LogP contribution is 2.32. The lowest BCUT2D eigenvalue weighted by Gasteiger charge is -2.14. The topological polar surface area (TPSA) is 103 Å². The van der Waals surface area contributed by atoms with Crippen LogP contribution in [0.2, 0.25) is 5.02 Å². The van der Waals surface area contributed by atoms with E-state index in [0.717, 1.165) is 0 Å². The number of methoxy groups -OCH3 is 1. The van der Waals surface area contributed by atoms with Crippen molar-refractivity contribution in [2.45, 2.75) is 4.90 Å². The number of halogens is 1. The largest absolute Gasteiger partial charge is 0.480 e. The van der Waals surface area contributed by atoms with Crippen molar-refractivity contribution >= 4 is 39.0 Å². The van der Waals surface area contributed by atoms with E-state index in [1.807, 2.05) is 0 Å². The highest BCUT2D eigenvalue weighted by Gasteiger charge is 2.21. The zero-order valence-corrected chi connectivity index (χ0v) is 18.4. The van der Waals surface area contributed by atoms with Crippen molar-refractivity contribution < 1.29 is 13.2 Å². The number of nitrogens with one attached hydrogen (secondary N) is 1. The van der Waals surface area contributed by atoms with E-state index in [2.05, 4.69) is 21.3 Å². The van der Waals surface area contributed by atoms with Crippen LogP contribution in [-0.2, 0) is 10.0 Å². The molecule has 10 heteroatoms. The highest BCUT2D eigenvalue weighted by molar-refractivity contribution is 7.92. The van der Waals surface area contributed by atoms with Gasteiger partial charge in [-0.3, -0.25) is 13.9 Å². The number of hydrogen-bond acceptors (Lipinski definition) is 6. The molecule has 162 valence electrons. The van der Waals surface area contributed by atoms with E-state index in [0.29, 0.717) is 22.3 Å². The summed E-state index contributed by atoms with van der Waals surface area (Å²) in [4.78, 5) is 20.4. The minimum Gasteiger partial charge on any atom is -0.480 e. The summed E-state index contributed by atoms with van der Waals surface area (Å²) in [5.41, 5.74) is 2.26. The van der Waals surface area contributed by atoms with Crippen LogP contribution >= 0.6 is 11.6 Å². The number of sulfonamides is 1. The molecule has 0 aliphatic rings. The van der Waals surface area contributed by atoms with E-state index >= 15 is 0 Å². The maximum atomic E-state index is 13.0. The van der Waals surface area contributed by atoms with Gasteiger partial charge in [0.1, 0.15) is 16.2 Å². The Hall–Kier alpha value is -3.69. The second kappa shape index (κ2) is 8.45. The molecule has 0 amide bonds. The Bertz CT molecular complexity index is 1520. The van der Waals surface area contributed by atoms with Crippen LogP contribution in [0.1, 0.15) is 5.56 Å². The fraction of sp³-hybridized carbons (Fsp3) is 0.0455. The Morgan fingerprint density at radius 3 is 2.66 bits per heavy atom. The monoisotopic (exact) mass is 468 g/mol. The number of fused-ring (bicyclic) bond motifs is 1. The summed E-state index contributed by atoms with van der Waals surface area (Å²) < 4.78 is 35.1. The van der Waals surface area contributed by atoms with Gasteiger partial charge in [0.25, 0.3) is 15.6 Å². The third-order valence-corrected chi connectivity index (χ3v) is 6.54. The molecule has 0 spiro atoms. The van der Waals surface area contributed by atoms with Crippen molar-refractivity contribution in [1.29, 1.82) is 0 Å². The third-order valence-electron chi connectivity index (χ3n) is 4.69. The smallest absolute Gasteiger partial charge is 0.263 e. The molecule has 0 saturated carbocycles. The number of anilines is 1. The third kappa shape index (κ3) is 4.08. The van der Waals surface area contributed by atoms with E-state index in [1.54, 1.807) is 36.5 Å². The van der Waals surface area contributed by atoms with Crippen LogP contribution in [-0.4, -0.2) is 29.9 Å². The molecule has 3 aromatic heterocycles. The van der Waals surface area contributed by atoms with Crippen LogP contribution in [0.3, 0.4) is 0 Å². The number of aromatic nitrogens is 3. The van der Waals surface area contributed by atoms with E-state index < -0.39 is 10.0 Å². The summed E-state index contributed by atoms with van der Waals surface area (Å²) in [7, 11) is -2.66. The molecule has 0 aliphatic heterocycles. The van der Waals surface area contributed by atoms with E-state index in [4.69, 9.17) is 16.3 Å². The molecule has 3 heterocycles. The van der Waals surface area contributed by atoms with Crippen molar-refractivity contribution in [3.63, 3.8) is 0 Å². The lowest BCUT2D eigenvalue weighted by Crippen LogP contribution is -2.15. The maximum absolute atomic E-state index is 13.0. The van der Waals surface area contributed by atoms with Gasteiger partial charge in [-0.2, -0.15) is 0 Å². The highest BCUT2D eigenvalue weighted by atomic mass is 35.5. The quantitative estimate of drug-likeness (QED) is 0.461. The summed E-state index contributed by atoms with van der Waals surface area (Å²) in [6.07, 6.45) is 6.13. The van der Waals surface area contributed by atoms with Gasteiger partial charge >= 0.3 is 0 Å². The average Bonchev–Trinajstić information content (AvgIpc) is 2.78. The van der Waals surface area contributed by atoms with Gasteiger partial charge in [-0.25, -0.2) is 18.4 Å². The molecule has 0 atom stereocenters. The number of rotatable bonds is 6. The minimum absolute atomic E-state index is 0.0550. The molecule has 0 bridgehead atoms. The van der Waals surface area contributed by atoms with Crippen molar-refractivity contribution in [3.05, 3.63) is 88.6 Å². The predicted octanol–water partition coefficient (Wildman–Crippen LogP) is 3.86. The Labute approximate surface area is 188 Å². The summed E-state index contributed by atoms with van der Waals surface area (Å²) in [6, 6.07) is 10.9. The zero-order chi connectivity index (χ0) is 22.9. The molecular formula is C22H17ClN4O4S. The second-order valence-corrected chi connectivity index (χ2v) is 8.77. The van der Waals surface area contributed by atoms with E-state index in [1.165, 1.54) is 42.1 Å². The fourth-order valence-corrected chi connectivity index (χ4v) is 4.71. The van der Waals surface area contributed by atoms with Gasteiger partial charge in [-0.15, -0.1) is 0 Å². The van der Waals surface area contributed by atoms with Crippen molar-refractivity contribution in [3.8, 4) is 17.0 Å². The Kier molecular flexibility index (Phi) is 5.68. The molecule has 4 aromatic rings. The molecule has 0 radical (unpaired) electrons. The first-order chi connectivity index (χ1) is 15.3. The van der Waals surface area contributed by atoms with Crippen LogP contribution in [0.4, 0.5) is 5.69 Å². The molecular weight excluding hydrogens is 452 g/mol. The van der Waals surface area contributed by atoms with E-state index in [-0.39, 0.29) is 27.0 Å². The summed E-state index contributed by atoms with van der Waals surface area (Å²) >= 11 is 6.18. The van der Waals surface area contributed by atoms with Crippen molar-refractivity contribution in [2.75, 3.05) is 11.8 Å². The summed E-state index contributed by atoms with van der Waals surface area (Å²) in [5, 5.41) is 0.0550. The minimum atomic E-state index is -4.04. The zero-order valence-electron chi connectivity index (χ0n) is 16.8. The number of ether oxygens (including phenoxy) is 1. The molecule has 4 rings (SSSR count). The number of nitrogens with zero attached hydrogens (tertiary/aromatic N) is 3. The molecule has 0 unspecified atom stereocenters. The number of benzene rings is 1. The fourth-order valence-electron chi connectivity index (χ4n) is 3.11. The first-order valence-electron chi connectivity index (χ1n) is 9.29. The van der Waals surface area contributed by atoms with Crippen LogP contribution < -0.4 is 15.0 Å². The molecule has 0 fully saturated rings. The Morgan fingerprint density at radius 2 is 1.94 bits per heavy atom. The van der Waals surface area contributed by atoms with Crippen LogP contribution in [0, 0.1) is 0 Å². The normalized spacial score (nSPS) is 11.3. The Balaban J connectivity index is 1.77. The van der Waals surface area contributed by atoms with Gasteiger partial charge < -0.3 is 4.74 Å². The molecule has 1 N–H and O–H groups in total.